The predicted octanol–water partition coefficient (Wildman–Crippen LogP) is 6.79. The first kappa shape index (κ1) is 34.5. The maximum Gasteiger partial charge on any atom is -0.00440 e. The highest BCUT2D eigenvalue weighted by Crippen LogP contribution is 2.25. The molecule has 0 atom stereocenters. The van der Waals surface area contributed by atoms with Crippen LogP contribution in [0.25, 0.3) is 0 Å². The molecular weight excluding hydrogens is 366 g/mol. The smallest absolute Gasteiger partial charge is 0.00440 e. The van der Waals surface area contributed by atoms with Crippen molar-refractivity contribution in [1.29, 1.82) is 0 Å². The van der Waals surface area contributed by atoms with Crippen LogP contribution in [0, 0.1) is 53.3 Å². The zero-order valence-electron chi connectivity index (χ0n) is 23.2. The minimum absolute atomic E-state index is 0.699. The Kier molecular flexibility index (Phi) is 23.9. The van der Waals surface area contributed by atoms with Crippen LogP contribution < -0.4 is 17.2 Å². The van der Waals surface area contributed by atoms with E-state index in [4.69, 9.17) is 17.2 Å². The summed E-state index contributed by atoms with van der Waals surface area (Å²) in [5.74, 6) is 7.01. The van der Waals surface area contributed by atoms with E-state index in [9.17, 15) is 0 Å². The van der Waals surface area contributed by atoms with Gasteiger partial charge in [-0.25, -0.2) is 0 Å². The Morgan fingerprint density at radius 3 is 0.833 bits per heavy atom. The fourth-order valence-corrected chi connectivity index (χ4v) is 4.73. The van der Waals surface area contributed by atoms with Crippen LogP contribution in [0.15, 0.2) is 0 Å². The van der Waals surface area contributed by atoms with Crippen molar-refractivity contribution in [3.8, 4) is 0 Å². The molecule has 0 aliphatic carbocycles. The van der Waals surface area contributed by atoms with Gasteiger partial charge in [-0.2, -0.15) is 0 Å². The average Bonchev–Trinajstić information content (AvgIpc) is 2.59. The predicted molar refractivity (Wildman–Crippen MR) is 141 cm³/mol. The largest absolute Gasteiger partial charge is 0.330 e. The zero-order chi connectivity index (χ0) is 24.4. The molecule has 0 aromatic rings. The quantitative estimate of drug-likeness (QED) is 0.319. The Bertz CT molecular complexity index is 311. The highest BCUT2D eigenvalue weighted by molar-refractivity contribution is 4.68. The highest BCUT2D eigenvalue weighted by atomic mass is 14.6. The molecule has 30 heavy (non-hydrogen) atoms. The van der Waals surface area contributed by atoms with Crippen LogP contribution in [0.1, 0.15) is 102 Å². The lowest BCUT2D eigenvalue weighted by atomic mass is 9.82. The lowest BCUT2D eigenvalue weighted by molar-refractivity contribution is 0.265. The van der Waals surface area contributed by atoms with Gasteiger partial charge in [0.05, 0.1) is 0 Å². The molecule has 0 saturated carbocycles. The Balaban J connectivity index is -0.000000366. The molecule has 3 nitrogen and oxygen atoms in total. The van der Waals surface area contributed by atoms with Crippen molar-refractivity contribution in [3.05, 3.63) is 0 Å². The van der Waals surface area contributed by atoms with Crippen LogP contribution in [0.4, 0.5) is 0 Å². The molecule has 3 heteroatoms. The van der Waals surface area contributed by atoms with Crippen LogP contribution in [-0.4, -0.2) is 19.6 Å². The molecule has 186 valence electrons. The fourth-order valence-electron chi connectivity index (χ4n) is 4.73. The van der Waals surface area contributed by atoms with Gasteiger partial charge in [0.1, 0.15) is 0 Å². The second kappa shape index (κ2) is 20.8. The molecule has 0 radical (unpaired) electrons. The van der Waals surface area contributed by atoms with Crippen molar-refractivity contribution in [2.45, 2.75) is 102 Å². The standard InChI is InChI=1S/C10H23N.C9H21N.C8H19N/c1-8(2)10(9(3)4)6-5-7-11;1-7(2)9(5-6-10)8(3)4;1-6(2)8(5-9)7(3)4/h8-10H,5-7,11H2,1-4H3;7-9H,5-6,10H2,1-4H3;6-8H,5,9H2,1-4H3. The normalized spacial score (nSPS) is 12.0. The van der Waals surface area contributed by atoms with Gasteiger partial charge in [-0.3, -0.25) is 0 Å². The summed E-state index contributed by atoms with van der Waals surface area (Å²) in [7, 11) is 0. The fraction of sp³-hybridized carbons (Fsp3) is 1.00. The van der Waals surface area contributed by atoms with Gasteiger partial charge < -0.3 is 17.2 Å². The summed E-state index contributed by atoms with van der Waals surface area (Å²) < 4.78 is 0. The molecule has 0 fully saturated rings. The van der Waals surface area contributed by atoms with E-state index in [0.717, 1.165) is 67.0 Å². The molecule has 0 unspecified atom stereocenters. The minimum atomic E-state index is 0.699. The third-order valence-corrected chi connectivity index (χ3v) is 6.65. The zero-order valence-corrected chi connectivity index (χ0v) is 23.2. The van der Waals surface area contributed by atoms with E-state index < -0.39 is 0 Å². The lowest BCUT2D eigenvalue weighted by Gasteiger charge is -2.24. The highest BCUT2D eigenvalue weighted by Gasteiger charge is 2.16. The van der Waals surface area contributed by atoms with Crippen molar-refractivity contribution in [1.82, 2.24) is 0 Å². The summed E-state index contributed by atoms with van der Waals surface area (Å²) >= 11 is 0. The van der Waals surface area contributed by atoms with Gasteiger partial charge in [0, 0.05) is 0 Å². The second-order valence-electron chi connectivity index (χ2n) is 11.2. The summed E-state index contributed by atoms with van der Waals surface area (Å²) in [4.78, 5) is 0. The van der Waals surface area contributed by atoms with Gasteiger partial charge in [0.15, 0.2) is 0 Å². The Morgan fingerprint density at radius 1 is 0.400 bits per heavy atom. The van der Waals surface area contributed by atoms with E-state index in [0.29, 0.717) is 5.92 Å². The van der Waals surface area contributed by atoms with Crippen molar-refractivity contribution in [2.24, 2.45) is 70.5 Å². The monoisotopic (exact) mass is 430 g/mol. The van der Waals surface area contributed by atoms with Crippen LogP contribution >= 0.6 is 0 Å². The SMILES string of the molecule is CC(C)C(CCCN)C(C)C.CC(C)C(CCN)C(C)C.CC(C)C(CN)C(C)C. The molecule has 0 aromatic carbocycles. The third-order valence-electron chi connectivity index (χ3n) is 6.65. The molecule has 0 rings (SSSR count). The van der Waals surface area contributed by atoms with Gasteiger partial charge in [-0.1, -0.05) is 83.1 Å². The molecule has 0 aliphatic heterocycles. The first-order chi connectivity index (χ1) is 13.8. The van der Waals surface area contributed by atoms with Crippen LogP contribution in [-0.2, 0) is 0 Å². The molecule has 0 saturated heterocycles. The maximum absolute atomic E-state index is 5.57. The van der Waals surface area contributed by atoms with Crippen molar-refractivity contribution >= 4 is 0 Å². The Hall–Kier alpha value is -0.120. The van der Waals surface area contributed by atoms with E-state index in [2.05, 4.69) is 83.1 Å². The summed E-state index contributed by atoms with van der Waals surface area (Å²) in [6, 6.07) is 0. The minimum Gasteiger partial charge on any atom is -0.330 e. The molecule has 0 amide bonds. The first-order valence-corrected chi connectivity index (χ1v) is 12.9. The van der Waals surface area contributed by atoms with E-state index in [-0.39, 0.29) is 0 Å². The Morgan fingerprint density at radius 2 is 0.700 bits per heavy atom. The molecule has 0 heterocycles. The van der Waals surface area contributed by atoms with Crippen molar-refractivity contribution < 1.29 is 0 Å². The summed E-state index contributed by atoms with van der Waals surface area (Å²) in [6.45, 7) is 29.8. The van der Waals surface area contributed by atoms with Gasteiger partial charge in [-0.15, -0.1) is 0 Å². The second-order valence-corrected chi connectivity index (χ2v) is 11.2. The number of rotatable bonds is 12. The molecule has 0 aromatic heterocycles. The van der Waals surface area contributed by atoms with Crippen molar-refractivity contribution in [2.75, 3.05) is 19.6 Å². The molecule has 0 bridgehead atoms. The maximum atomic E-state index is 5.57. The van der Waals surface area contributed by atoms with Crippen molar-refractivity contribution in [3.63, 3.8) is 0 Å². The lowest BCUT2D eigenvalue weighted by Crippen LogP contribution is -2.24. The van der Waals surface area contributed by atoms with Gasteiger partial charge in [0.2, 0.25) is 0 Å². The number of hydrogen-bond donors (Lipinski definition) is 3. The molecule has 6 N–H and O–H groups in total. The van der Waals surface area contributed by atoms with E-state index in [1.165, 1.54) is 19.3 Å². The summed E-state index contributed by atoms with van der Waals surface area (Å²) in [6.07, 6.45) is 3.65. The van der Waals surface area contributed by atoms with Crippen LogP contribution in [0.5, 0.6) is 0 Å². The molecule has 0 aliphatic rings. The third kappa shape index (κ3) is 18.6. The van der Waals surface area contributed by atoms with Gasteiger partial charge in [-0.05, 0) is 92.2 Å². The van der Waals surface area contributed by atoms with Crippen LogP contribution in [0.3, 0.4) is 0 Å². The van der Waals surface area contributed by atoms with Crippen LogP contribution in [0.2, 0.25) is 0 Å². The summed E-state index contributed by atoms with van der Waals surface area (Å²) in [5.41, 5.74) is 16.6. The number of hydrogen-bond acceptors (Lipinski definition) is 3. The van der Waals surface area contributed by atoms with E-state index in [1.54, 1.807) is 0 Å². The first-order valence-electron chi connectivity index (χ1n) is 12.9. The molecule has 0 spiro atoms. The van der Waals surface area contributed by atoms with E-state index >= 15 is 0 Å². The van der Waals surface area contributed by atoms with E-state index in [1.807, 2.05) is 0 Å². The topological polar surface area (TPSA) is 78.1 Å². The summed E-state index contributed by atoms with van der Waals surface area (Å²) in [5, 5.41) is 0. The van der Waals surface area contributed by atoms with Gasteiger partial charge >= 0.3 is 0 Å². The number of nitrogens with two attached hydrogens (primary N) is 3. The Labute approximate surface area is 192 Å². The van der Waals surface area contributed by atoms with Gasteiger partial charge in [0.25, 0.3) is 0 Å². The molecular formula is C27H63N3. The average molecular weight is 430 g/mol.